The minimum Gasteiger partial charge on any atom is -0.466 e. The number of ether oxygens (including phenoxy) is 1. The van der Waals surface area contributed by atoms with Crippen LogP contribution < -0.4 is 10.6 Å². The van der Waals surface area contributed by atoms with Gasteiger partial charge >= 0.3 is 5.97 Å². The lowest BCUT2D eigenvalue weighted by atomic mass is 9.94. The van der Waals surface area contributed by atoms with Crippen LogP contribution in [0.15, 0.2) is 35.5 Å². The predicted molar refractivity (Wildman–Crippen MR) is 106 cm³/mol. The summed E-state index contributed by atoms with van der Waals surface area (Å²) in [6.45, 7) is 6.44. The van der Waals surface area contributed by atoms with Crippen molar-refractivity contribution in [3.8, 4) is 0 Å². The van der Waals surface area contributed by atoms with Crippen LogP contribution in [0.3, 0.4) is 0 Å². The molecule has 1 aliphatic rings. The van der Waals surface area contributed by atoms with E-state index in [0.29, 0.717) is 29.3 Å². The second-order valence-corrected chi connectivity index (χ2v) is 6.43. The van der Waals surface area contributed by atoms with Crippen LogP contribution in [0.5, 0.6) is 0 Å². The zero-order chi connectivity index (χ0) is 19.3. The fourth-order valence-corrected chi connectivity index (χ4v) is 3.42. The van der Waals surface area contributed by atoms with Crippen LogP contribution >= 0.6 is 12.2 Å². The molecular formula is C19H25N3O3S. The maximum Gasteiger partial charge on any atom is 0.337 e. The van der Waals surface area contributed by atoms with E-state index in [1.807, 2.05) is 49.9 Å². The molecule has 0 saturated heterocycles. The van der Waals surface area contributed by atoms with Gasteiger partial charge in [-0.1, -0.05) is 19.1 Å². The van der Waals surface area contributed by atoms with Crippen LogP contribution in [0.2, 0.25) is 0 Å². The molecule has 0 unspecified atom stereocenters. The number of hydrogen-bond donors (Lipinski definition) is 2. The van der Waals surface area contributed by atoms with Gasteiger partial charge in [-0.15, -0.1) is 0 Å². The van der Waals surface area contributed by atoms with E-state index < -0.39 is 12.0 Å². The molecule has 1 aromatic rings. The number of methoxy groups -OCH3 is 1. The zero-order valence-corrected chi connectivity index (χ0v) is 16.4. The van der Waals surface area contributed by atoms with Gasteiger partial charge < -0.3 is 20.3 Å². The van der Waals surface area contributed by atoms with Gasteiger partial charge in [0.15, 0.2) is 5.11 Å². The second-order valence-electron chi connectivity index (χ2n) is 6.04. The van der Waals surface area contributed by atoms with Crippen LogP contribution in [-0.4, -0.2) is 35.5 Å². The Balaban J connectivity index is 2.42. The molecule has 26 heavy (non-hydrogen) atoms. The third kappa shape index (κ3) is 4.22. The van der Waals surface area contributed by atoms with Crippen molar-refractivity contribution in [1.29, 1.82) is 0 Å². The summed E-state index contributed by atoms with van der Waals surface area (Å²) in [6.07, 6.45) is 1.25. The first-order chi connectivity index (χ1) is 12.4. The van der Waals surface area contributed by atoms with Crippen LogP contribution in [0.4, 0.5) is 5.69 Å². The smallest absolute Gasteiger partial charge is 0.337 e. The minimum absolute atomic E-state index is 0.0335. The number of nitrogens with zero attached hydrogens (tertiary/aromatic N) is 1. The SMILES string of the molecule is CCCC(=O)Nc1cccc([C@H]2NC(=S)N(CC)C(C)=C2C(=O)OC)c1. The van der Waals surface area contributed by atoms with Gasteiger partial charge in [0.2, 0.25) is 5.91 Å². The van der Waals surface area contributed by atoms with Crippen molar-refractivity contribution in [1.82, 2.24) is 10.2 Å². The molecule has 7 heteroatoms. The Morgan fingerprint density at radius 2 is 2.08 bits per heavy atom. The number of amides is 1. The van der Waals surface area contributed by atoms with E-state index in [9.17, 15) is 9.59 Å². The molecule has 0 radical (unpaired) electrons. The van der Waals surface area contributed by atoms with Crippen molar-refractivity contribution in [2.45, 2.75) is 39.7 Å². The number of esters is 1. The molecule has 0 aromatic heterocycles. The van der Waals surface area contributed by atoms with Crippen LogP contribution in [0.25, 0.3) is 0 Å². The van der Waals surface area contributed by atoms with Gasteiger partial charge in [-0.2, -0.15) is 0 Å². The van der Waals surface area contributed by atoms with Gasteiger partial charge in [0.1, 0.15) is 0 Å². The Hall–Kier alpha value is -2.41. The number of nitrogens with one attached hydrogen (secondary N) is 2. The third-order valence-corrected chi connectivity index (χ3v) is 4.64. The molecule has 1 aliphatic heterocycles. The van der Waals surface area contributed by atoms with E-state index >= 15 is 0 Å². The van der Waals surface area contributed by atoms with Gasteiger partial charge in [0, 0.05) is 24.4 Å². The fourth-order valence-electron chi connectivity index (χ4n) is 3.03. The molecular weight excluding hydrogens is 350 g/mol. The molecule has 0 fully saturated rings. The molecule has 1 heterocycles. The summed E-state index contributed by atoms with van der Waals surface area (Å²) in [5.74, 6) is -0.435. The lowest BCUT2D eigenvalue weighted by Crippen LogP contribution is -2.47. The van der Waals surface area contributed by atoms with Gasteiger partial charge in [0.05, 0.1) is 18.7 Å². The molecule has 2 rings (SSSR count). The lowest BCUT2D eigenvalue weighted by Gasteiger charge is -2.37. The first kappa shape index (κ1) is 19.9. The van der Waals surface area contributed by atoms with E-state index in [4.69, 9.17) is 17.0 Å². The third-order valence-electron chi connectivity index (χ3n) is 4.30. The van der Waals surface area contributed by atoms with E-state index in [0.717, 1.165) is 17.7 Å². The Bertz CT molecular complexity index is 745. The minimum atomic E-state index is -0.430. The largest absolute Gasteiger partial charge is 0.466 e. The maximum atomic E-state index is 12.4. The fraction of sp³-hybridized carbons (Fsp3) is 0.421. The highest BCUT2D eigenvalue weighted by Gasteiger charge is 2.34. The van der Waals surface area contributed by atoms with E-state index in [2.05, 4.69) is 10.6 Å². The molecule has 6 nitrogen and oxygen atoms in total. The first-order valence-corrected chi connectivity index (χ1v) is 9.10. The molecule has 0 bridgehead atoms. The molecule has 1 amide bonds. The topological polar surface area (TPSA) is 70.7 Å². The van der Waals surface area contributed by atoms with Crippen molar-refractivity contribution in [3.63, 3.8) is 0 Å². The summed E-state index contributed by atoms with van der Waals surface area (Å²) < 4.78 is 4.99. The van der Waals surface area contributed by atoms with E-state index in [1.54, 1.807) is 0 Å². The summed E-state index contributed by atoms with van der Waals surface area (Å²) in [6, 6.07) is 6.99. The first-order valence-electron chi connectivity index (χ1n) is 8.69. The quantitative estimate of drug-likeness (QED) is 0.588. The monoisotopic (exact) mass is 375 g/mol. The van der Waals surface area contributed by atoms with E-state index in [-0.39, 0.29) is 5.91 Å². The molecule has 2 N–H and O–H groups in total. The van der Waals surface area contributed by atoms with Crippen LogP contribution in [0.1, 0.15) is 45.2 Å². The number of benzene rings is 1. The Morgan fingerprint density at radius 1 is 1.35 bits per heavy atom. The summed E-state index contributed by atoms with van der Waals surface area (Å²) in [7, 11) is 1.37. The van der Waals surface area contributed by atoms with E-state index in [1.165, 1.54) is 7.11 Å². The van der Waals surface area contributed by atoms with Gasteiger partial charge in [-0.3, -0.25) is 4.79 Å². The number of allylic oxidation sites excluding steroid dienone is 1. The average molecular weight is 375 g/mol. The summed E-state index contributed by atoms with van der Waals surface area (Å²) in [5.41, 5.74) is 2.80. The normalized spacial score (nSPS) is 17.0. The molecule has 1 atom stereocenters. The molecule has 140 valence electrons. The number of carbonyl (C=O) groups is 2. The van der Waals surface area contributed by atoms with Crippen LogP contribution in [0, 0.1) is 0 Å². The molecule has 0 aliphatic carbocycles. The number of thiocarbonyl (C=S) groups is 1. The van der Waals surface area contributed by atoms with Crippen LogP contribution in [-0.2, 0) is 14.3 Å². The highest BCUT2D eigenvalue weighted by atomic mass is 32.1. The highest BCUT2D eigenvalue weighted by molar-refractivity contribution is 7.80. The lowest BCUT2D eigenvalue weighted by molar-refractivity contribution is -0.136. The molecule has 0 spiro atoms. The van der Waals surface area contributed by atoms with Crippen molar-refractivity contribution >= 4 is 34.9 Å². The number of carbonyl (C=O) groups excluding carboxylic acids is 2. The van der Waals surface area contributed by atoms with Gasteiger partial charge in [0.25, 0.3) is 0 Å². The molecule has 1 aromatic carbocycles. The summed E-state index contributed by atoms with van der Waals surface area (Å²) >= 11 is 5.45. The summed E-state index contributed by atoms with van der Waals surface area (Å²) in [5, 5.41) is 6.66. The van der Waals surface area contributed by atoms with Crippen molar-refractivity contribution in [2.75, 3.05) is 19.0 Å². The number of hydrogen-bond acceptors (Lipinski definition) is 4. The average Bonchev–Trinajstić information content (AvgIpc) is 2.61. The van der Waals surface area contributed by atoms with Crippen molar-refractivity contribution in [3.05, 3.63) is 41.1 Å². The number of rotatable bonds is 6. The Kier molecular flexibility index (Phi) is 6.74. The number of anilines is 1. The zero-order valence-electron chi connectivity index (χ0n) is 15.6. The standard InChI is InChI=1S/C19H25N3O3S/c1-5-8-15(23)20-14-10-7-9-13(11-14)17-16(18(24)25-4)12(3)22(6-2)19(26)21-17/h7,9-11,17H,5-6,8H2,1-4H3,(H,20,23)(H,21,26)/t17-/m1/s1. The maximum absolute atomic E-state index is 12.4. The Labute approximate surface area is 159 Å². The van der Waals surface area contributed by atoms with Gasteiger partial charge in [-0.05, 0) is 50.2 Å². The predicted octanol–water partition coefficient (Wildman–Crippen LogP) is 3.12. The highest BCUT2D eigenvalue weighted by Crippen LogP contribution is 2.32. The second kappa shape index (κ2) is 8.80. The van der Waals surface area contributed by atoms with Gasteiger partial charge in [-0.25, -0.2) is 4.79 Å². The van der Waals surface area contributed by atoms with Crippen molar-refractivity contribution < 1.29 is 14.3 Å². The molecule has 0 saturated carbocycles. The Morgan fingerprint density at radius 3 is 2.69 bits per heavy atom. The summed E-state index contributed by atoms with van der Waals surface area (Å²) in [4.78, 5) is 26.2. The van der Waals surface area contributed by atoms with Crippen molar-refractivity contribution in [2.24, 2.45) is 0 Å².